The number of carbonyl (C=O) groups is 1. The van der Waals surface area contributed by atoms with E-state index in [4.69, 9.17) is 11.6 Å². The molecule has 0 heterocycles. The molecule has 0 bridgehead atoms. The molecule has 2 aromatic rings. The van der Waals surface area contributed by atoms with Crippen molar-refractivity contribution >= 4 is 56.5 Å². The van der Waals surface area contributed by atoms with E-state index in [0.29, 0.717) is 5.02 Å². The Balaban J connectivity index is 0.00000364. The number of carbonyl (C=O) groups excluding carboxylic acids is 1. The molecule has 0 saturated heterocycles. The number of rotatable bonds is 6. The van der Waals surface area contributed by atoms with E-state index >= 15 is 0 Å². The maximum Gasteiger partial charge on any atom is 1.00 e. The van der Waals surface area contributed by atoms with Crippen molar-refractivity contribution in [2.45, 2.75) is 17.2 Å². The number of amides is 1. The minimum absolute atomic E-state index is 0. The summed E-state index contributed by atoms with van der Waals surface area (Å²) < 4.78 is 25.5. The number of thiocarbonyl (C=S) groups is 1. The first kappa shape index (κ1) is 24.9. The van der Waals surface area contributed by atoms with Crippen LogP contribution in [0.15, 0.2) is 59.5 Å². The number of hydrogen-bond donors (Lipinski definition) is 2. The van der Waals surface area contributed by atoms with Gasteiger partial charge in [0.2, 0.25) is 5.91 Å². The van der Waals surface area contributed by atoms with Crippen molar-refractivity contribution in [3.63, 3.8) is 0 Å². The number of nitrogens with one attached hydrogen (secondary N) is 2. The number of hydrogen-bond acceptors (Lipinski definition) is 5. The summed E-state index contributed by atoms with van der Waals surface area (Å²) in [5.74, 6) is -1.15. The number of halogens is 1. The molecule has 0 spiro atoms. The number of benzene rings is 2. The third-order valence-corrected chi connectivity index (χ3v) is 5.89. The van der Waals surface area contributed by atoms with E-state index in [1.54, 1.807) is 24.3 Å². The van der Waals surface area contributed by atoms with Crippen LogP contribution >= 0.6 is 23.8 Å². The molecule has 27 heavy (non-hydrogen) atoms. The molecular weight excluding hydrogens is 451 g/mol. The maximum absolute atomic E-state index is 12.7. The first-order valence-electron chi connectivity index (χ1n) is 7.57. The average Bonchev–Trinajstić information content (AvgIpc) is 2.60. The molecule has 1 amide bonds. The molecule has 0 radical (unpaired) electrons. The average molecular weight is 467 g/mol. The van der Waals surface area contributed by atoms with Gasteiger partial charge in [0.15, 0.2) is 9.84 Å². The first-order valence-corrected chi connectivity index (χ1v) is 10.4. The molecule has 2 aromatic carbocycles. The normalized spacial score (nSPS) is 11.7. The number of sulfone groups is 1. The summed E-state index contributed by atoms with van der Waals surface area (Å²) in [6.45, 7) is 0. The Morgan fingerprint density at radius 2 is 1.67 bits per heavy atom. The summed E-state index contributed by atoms with van der Waals surface area (Å²) in [6, 6.07) is 15.0. The van der Waals surface area contributed by atoms with Crippen molar-refractivity contribution in [3.8, 4) is 0 Å². The Hall–Kier alpha value is -0.104. The summed E-state index contributed by atoms with van der Waals surface area (Å²) in [6.07, 6.45) is -0.0399. The van der Waals surface area contributed by atoms with Gasteiger partial charge in [-0.25, -0.2) is 8.42 Å². The molecule has 0 aliphatic carbocycles. The Bertz CT molecular complexity index is 878. The fourth-order valence-corrected chi connectivity index (χ4v) is 4.21. The van der Waals surface area contributed by atoms with Crippen molar-refractivity contribution in [1.82, 2.24) is 10.9 Å². The Morgan fingerprint density at radius 3 is 2.22 bits per heavy atom. The molecule has 1 unspecified atom stereocenters. The van der Waals surface area contributed by atoms with Gasteiger partial charge >= 0.3 is 51.4 Å². The van der Waals surface area contributed by atoms with Gasteiger partial charge < -0.3 is 30.3 Å². The molecular formula is C17H16ClKN2O3S3. The zero-order valence-corrected chi connectivity index (χ0v) is 20.8. The van der Waals surface area contributed by atoms with Crippen LogP contribution in [-0.2, 0) is 27.3 Å². The van der Waals surface area contributed by atoms with Gasteiger partial charge in [0, 0.05) is 17.4 Å². The predicted octanol–water partition coefficient (Wildman–Crippen LogP) is -0.256. The second kappa shape index (κ2) is 11.8. The van der Waals surface area contributed by atoms with E-state index in [2.05, 4.69) is 35.7 Å². The molecule has 0 aliphatic rings. The minimum Gasteiger partial charge on any atom is -0.410 e. The van der Waals surface area contributed by atoms with Crippen molar-refractivity contribution in [1.29, 1.82) is 0 Å². The minimum atomic E-state index is -3.61. The largest absolute Gasteiger partial charge is 1.00 e. The van der Waals surface area contributed by atoms with Crippen molar-refractivity contribution < 1.29 is 64.6 Å². The van der Waals surface area contributed by atoms with E-state index in [0.717, 1.165) is 5.56 Å². The summed E-state index contributed by atoms with van der Waals surface area (Å²) in [4.78, 5) is 12.3. The van der Waals surface area contributed by atoms with Crippen molar-refractivity contribution in [3.05, 3.63) is 65.2 Å². The van der Waals surface area contributed by atoms with Crippen LogP contribution in [0, 0.1) is 0 Å². The fourth-order valence-electron chi connectivity index (χ4n) is 2.40. The first-order chi connectivity index (χ1) is 12.3. The molecule has 0 aromatic heterocycles. The van der Waals surface area contributed by atoms with Gasteiger partial charge in [-0.1, -0.05) is 41.9 Å². The molecule has 10 heteroatoms. The van der Waals surface area contributed by atoms with Gasteiger partial charge in [0.25, 0.3) is 0 Å². The SMILES string of the molecule is O=C(CC(CS(=O)(=O)c1ccc(Cl)cc1)c1ccccc1)NNC(=S)[S-].[K+]. The standard InChI is InChI=1S/C17H17ClN2O3S3.K/c18-14-6-8-15(9-7-14)26(22,23)11-13(12-4-2-1-3-5-12)10-16(21)19-20-17(24)25;/h1-9,13H,10-11H2,(H,19,21)(H2,20,24,25);/q;+1/p-1. The second-order valence-electron chi connectivity index (χ2n) is 5.51. The third kappa shape index (κ3) is 8.42. The van der Waals surface area contributed by atoms with Crippen LogP contribution in [-0.4, -0.2) is 24.4 Å². The Labute approximate surface area is 217 Å². The van der Waals surface area contributed by atoms with Gasteiger partial charge in [-0.05, 0) is 34.1 Å². The van der Waals surface area contributed by atoms with Crippen molar-refractivity contribution in [2.24, 2.45) is 0 Å². The molecule has 1 atom stereocenters. The predicted molar refractivity (Wildman–Crippen MR) is 109 cm³/mol. The van der Waals surface area contributed by atoms with Crippen molar-refractivity contribution in [2.75, 3.05) is 5.75 Å². The molecule has 5 nitrogen and oxygen atoms in total. The van der Waals surface area contributed by atoms with Crippen LogP contribution in [0.5, 0.6) is 0 Å². The van der Waals surface area contributed by atoms with Crippen LogP contribution in [0.3, 0.4) is 0 Å². The zero-order chi connectivity index (χ0) is 19.2. The van der Waals surface area contributed by atoms with Crippen LogP contribution < -0.4 is 62.2 Å². The zero-order valence-electron chi connectivity index (χ0n) is 14.5. The second-order valence-corrected chi connectivity index (χ2v) is 9.05. The van der Waals surface area contributed by atoms with Gasteiger partial charge in [0.05, 0.1) is 10.6 Å². The van der Waals surface area contributed by atoms with Gasteiger partial charge in [-0.15, -0.1) is 0 Å². The summed E-state index contributed by atoms with van der Waals surface area (Å²) in [5.41, 5.74) is 5.51. The molecule has 2 rings (SSSR count). The van der Waals surface area contributed by atoms with E-state index in [9.17, 15) is 13.2 Å². The van der Waals surface area contributed by atoms with E-state index in [1.807, 2.05) is 6.07 Å². The van der Waals surface area contributed by atoms with E-state index in [1.165, 1.54) is 24.3 Å². The van der Waals surface area contributed by atoms with Crippen LogP contribution in [0.1, 0.15) is 17.9 Å². The fraction of sp³-hybridized carbons (Fsp3) is 0.176. The van der Waals surface area contributed by atoms with Gasteiger partial charge in [-0.2, -0.15) is 0 Å². The quantitative estimate of drug-likeness (QED) is 0.264. The molecule has 0 fully saturated rings. The number of hydrazine groups is 1. The molecule has 0 aliphatic heterocycles. The summed E-state index contributed by atoms with van der Waals surface area (Å²) in [5, 5.41) is 0.453. The van der Waals surface area contributed by atoms with E-state index < -0.39 is 21.7 Å². The monoisotopic (exact) mass is 466 g/mol. The maximum atomic E-state index is 12.7. The Morgan fingerprint density at radius 1 is 1.07 bits per heavy atom. The Kier molecular flexibility index (Phi) is 10.9. The van der Waals surface area contributed by atoms with Crippen LogP contribution in [0.4, 0.5) is 0 Å². The van der Waals surface area contributed by atoms with Crippen LogP contribution in [0.2, 0.25) is 5.02 Å². The molecule has 138 valence electrons. The molecule has 2 N–H and O–H groups in total. The van der Waals surface area contributed by atoms with Crippen LogP contribution in [0.25, 0.3) is 0 Å². The smallest absolute Gasteiger partial charge is 0.410 e. The van der Waals surface area contributed by atoms with E-state index in [-0.39, 0.29) is 72.8 Å². The molecule has 0 saturated carbocycles. The summed E-state index contributed by atoms with van der Waals surface area (Å²) >= 11 is 15.1. The summed E-state index contributed by atoms with van der Waals surface area (Å²) in [7, 11) is -3.61. The van der Waals surface area contributed by atoms with Gasteiger partial charge in [0.1, 0.15) is 0 Å². The van der Waals surface area contributed by atoms with Gasteiger partial charge in [-0.3, -0.25) is 10.2 Å². The third-order valence-electron chi connectivity index (χ3n) is 3.60. The topological polar surface area (TPSA) is 75.3 Å².